The predicted octanol–water partition coefficient (Wildman–Crippen LogP) is -0.485. The lowest BCUT2D eigenvalue weighted by Crippen LogP contribution is -2.50. The monoisotopic (exact) mass is 342 g/mol. The maximum Gasteiger partial charge on any atom is 0.240 e. The van der Waals surface area contributed by atoms with Gasteiger partial charge in [0.2, 0.25) is 15.9 Å². The molecule has 0 saturated carbocycles. The molecule has 21 heavy (non-hydrogen) atoms. The van der Waals surface area contributed by atoms with Gasteiger partial charge in [-0.05, 0) is 25.4 Å². The number of aliphatic hydroxyl groups is 1. The Morgan fingerprint density at radius 2 is 2.10 bits per heavy atom. The Balaban J connectivity index is 4.94. The normalized spacial score (nSPS) is 13.1. The van der Waals surface area contributed by atoms with E-state index < -0.39 is 16.1 Å². The van der Waals surface area contributed by atoms with Gasteiger partial charge in [0.15, 0.2) is 0 Å². The molecule has 0 aliphatic rings. The van der Waals surface area contributed by atoms with Crippen LogP contribution in [-0.4, -0.2) is 81.5 Å². The van der Waals surface area contributed by atoms with Crippen molar-refractivity contribution < 1.29 is 23.1 Å². The van der Waals surface area contributed by atoms with Gasteiger partial charge in [-0.15, -0.1) is 0 Å². The molecule has 0 fully saturated rings. The Morgan fingerprint density at radius 1 is 1.43 bits per heavy atom. The highest BCUT2D eigenvalue weighted by atomic mass is 32.2. The maximum absolute atomic E-state index is 12.5. The average Bonchev–Trinajstić information content (AvgIpc) is 2.47. The fourth-order valence-corrected chi connectivity index (χ4v) is 2.93. The SMILES string of the molecule is CCS(=O)(=O)NC(CCSC)C(=O)N(CCO)CCOC. The van der Waals surface area contributed by atoms with Crippen LogP contribution in [0, 0.1) is 0 Å². The number of nitrogens with one attached hydrogen (secondary N) is 1. The number of aliphatic hydroxyl groups excluding tert-OH is 1. The lowest BCUT2D eigenvalue weighted by Gasteiger charge is -2.27. The number of hydrogen-bond acceptors (Lipinski definition) is 6. The lowest BCUT2D eigenvalue weighted by molar-refractivity contribution is -0.134. The smallest absolute Gasteiger partial charge is 0.240 e. The second kappa shape index (κ2) is 11.2. The van der Waals surface area contributed by atoms with Crippen molar-refractivity contribution in [1.29, 1.82) is 0 Å². The largest absolute Gasteiger partial charge is 0.395 e. The molecule has 0 aromatic rings. The highest BCUT2D eigenvalue weighted by Gasteiger charge is 2.27. The van der Waals surface area contributed by atoms with E-state index in [0.29, 0.717) is 25.3 Å². The molecule has 0 rings (SSSR count). The van der Waals surface area contributed by atoms with E-state index in [1.807, 2.05) is 6.26 Å². The summed E-state index contributed by atoms with van der Waals surface area (Å²) >= 11 is 1.54. The van der Waals surface area contributed by atoms with E-state index >= 15 is 0 Å². The maximum atomic E-state index is 12.5. The summed E-state index contributed by atoms with van der Waals surface area (Å²) < 4.78 is 30.8. The van der Waals surface area contributed by atoms with E-state index in [0.717, 1.165) is 0 Å². The number of hydrogen-bond donors (Lipinski definition) is 2. The molecule has 1 atom stereocenters. The number of nitrogens with zero attached hydrogens (tertiary/aromatic N) is 1. The Hall–Kier alpha value is -0.350. The van der Waals surface area contributed by atoms with Crippen LogP contribution in [0.15, 0.2) is 0 Å². The Labute approximate surface area is 131 Å². The van der Waals surface area contributed by atoms with Crippen molar-refractivity contribution in [2.75, 3.05) is 51.2 Å². The third kappa shape index (κ3) is 8.62. The molecule has 0 aromatic carbocycles. The second-order valence-corrected chi connectivity index (χ2v) is 7.43. The minimum atomic E-state index is -3.46. The van der Waals surface area contributed by atoms with Crippen LogP contribution in [-0.2, 0) is 19.6 Å². The number of methoxy groups -OCH3 is 1. The molecule has 9 heteroatoms. The lowest BCUT2D eigenvalue weighted by atomic mass is 10.2. The van der Waals surface area contributed by atoms with E-state index in [2.05, 4.69) is 4.72 Å². The van der Waals surface area contributed by atoms with E-state index in [1.165, 1.54) is 18.9 Å². The number of rotatable bonds is 12. The summed E-state index contributed by atoms with van der Waals surface area (Å²) in [4.78, 5) is 13.9. The van der Waals surface area contributed by atoms with Crippen LogP contribution in [0.3, 0.4) is 0 Å². The molecule has 2 N–H and O–H groups in total. The van der Waals surface area contributed by atoms with Gasteiger partial charge in [-0.2, -0.15) is 11.8 Å². The quantitative estimate of drug-likeness (QED) is 0.497. The van der Waals surface area contributed by atoms with Crippen molar-refractivity contribution in [1.82, 2.24) is 9.62 Å². The van der Waals surface area contributed by atoms with Crippen LogP contribution in [0.2, 0.25) is 0 Å². The van der Waals surface area contributed by atoms with E-state index in [9.17, 15) is 13.2 Å². The zero-order valence-electron chi connectivity index (χ0n) is 12.9. The fraction of sp³-hybridized carbons (Fsp3) is 0.917. The van der Waals surface area contributed by atoms with Crippen molar-refractivity contribution in [2.24, 2.45) is 0 Å². The van der Waals surface area contributed by atoms with Crippen molar-refractivity contribution in [3.63, 3.8) is 0 Å². The topological polar surface area (TPSA) is 95.9 Å². The molecule has 0 aliphatic heterocycles. The van der Waals surface area contributed by atoms with Gasteiger partial charge in [0.25, 0.3) is 0 Å². The van der Waals surface area contributed by atoms with Gasteiger partial charge >= 0.3 is 0 Å². The first kappa shape index (κ1) is 20.6. The number of thioether (sulfide) groups is 1. The van der Waals surface area contributed by atoms with Crippen molar-refractivity contribution in [3.05, 3.63) is 0 Å². The van der Waals surface area contributed by atoms with Crippen LogP contribution in [0.25, 0.3) is 0 Å². The molecule has 0 aliphatic carbocycles. The molecular weight excluding hydrogens is 316 g/mol. The summed E-state index contributed by atoms with van der Waals surface area (Å²) in [6.07, 6.45) is 2.31. The molecule has 0 bridgehead atoms. The van der Waals surface area contributed by atoms with Gasteiger partial charge in [0, 0.05) is 20.2 Å². The number of carbonyl (C=O) groups excluding carboxylic acids is 1. The highest BCUT2D eigenvalue weighted by Crippen LogP contribution is 2.07. The summed E-state index contributed by atoms with van der Waals surface area (Å²) in [5.41, 5.74) is 0. The minimum absolute atomic E-state index is 0.0753. The average molecular weight is 342 g/mol. The standard InChI is InChI=1S/C12H26N2O5S2/c1-4-21(17,18)13-11(5-10-20-3)12(16)14(6-8-15)7-9-19-2/h11,13,15H,4-10H2,1-3H3. The predicted molar refractivity (Wildman–Crippen MR) is 84.9 cm³/mol. The Morgan fingerprint density at radius 3 is 2.57 bits per heavy atom. The van der Waals surface area contributed by atoms with Crippen molar-refractivity contribution >= 4 is 27.7 Å². The first-order valence-electron chi connectivity index (χ1n) is 6.79. The van der Waals surface area contributed by atoms with Gasteiger partial charge in [0.1, 0.15) is 6.04 Å². The van der Waals surface area contributed by atoms with Crippen LogP contribution in [0.1, 0.15) is 13.3 Å². The summed E-state index contributed by atoms with van der Waals surface area (Å²) in [7, 11) is -1.94. The molecule has 1 amide bonds. The third-order valence-electron chi connectivity index (χ3n) is 2.86. The minimum Gasteiger partial charge on any atom is -0.395 e. The van der Waals surface area contributed by atoms with Gasteiger partial charge in [-0.25, -0.2) is 13.1 Å². The van der Waals surface area contributed by atoms with E-state index in [4.69, 9.17) is 9.84 Å². The van der Waals surface area contributed by atoms with Crippen LogP contribution in [0.5, 0.6) is 0 Å². The fourth-order valence-electron chi connectivity index (χ4n) is 1.64. The summed E-state index contributed by atoms with van der Waals surface area (Å²) in [6, 6.07) is -0.800. The summed E-state index contributed by atoms with van der Waals surface area (Å²) in [5.74, 6) is 0.265. The molecule has 0 saturated heterocycles. The number of amides is 1. The number of ether oxygens (including phenoxy) is 1. The first-order valence-corrected chi connectivity index (χ1v) is 9.84. The summed E-state index contributed by atoms with van der Waals surface area (Å²) in [5, 5.41) is 9.04. The first-order chi connectivity index (χ1) is 9.91. The molecule has 1 unspecified atom stereocenters. The van der Waals surface area contributed by atoms with Gasteiger partial charge in [-0.1, -0.05) is 0 Å². The van der Waals surface area contributed by atoms with Gasteiger partial charge in [-0.3, -0.25) is 4.79 Å². The molecule has 0 aromatic heterocycles. The summed E-state index contributed by atoms with van der Waals surface area (Å²) in [6.45, 7) is 2.16. The van der Waals surface area contributed by atoms with Gasteiger partial charge < -0.3 is 14.7 Å². The van der Waals surface area contributed by atoms with Crippen molar-refractivity contribution in [2.45, 2.75) is 19.4 Å². The number of carbonyl (C=O) groups is 1. The Bertz CT molecular complexity index is 389. The highest BCUT2D eigenvalue weighted by molar-refractivity contribution is 7.98. The van der Waals surface area contributed by atoms with Gasteiger partial charge in [0.05, 0.1) is 19.0 Å². The third-order valence-corrected chi connectivity index (χ3v) is 4.91. The molecule has 7 nitrogen and oxygen atoms in total. The molecule has 0 heterocycles. The van der Waals surface area contributed by atoms with Crippen LogP contribution >= 0.6 is 11.8 Å². The molecule has 0 spiro atoms. The zero-order chi connectivity index (χ0) is 16.3. The molecular formula is C12H26N2O5S2. The van der Waals surface area contributed by atoms with E-state index in [1.54, 1.807) is 11.8 Å². The van der Waals surface area contributed by atoms with E-state index in [-0.39, 0.29) is 24.8 Å². The van der Waals surface area contributed by atoms with Crippen molar-refractivity contribution in [3.8, 4) is 0 Å². The molecule has 0 radical (unpaired) electrons. The number of sulfonamides is 1. The Kier molecular flexibility index (Phi) is 11.1. The van der Waals surface area contributed by atoms with Crippen LogP contribution in [0.4, 0.5) is 0 Å². The van der Waals surface area contributed by atoms with Crippen LogP contribution < -0.4 is 4.72 Å². The zero-order valence-corrected chi connectivity index (χ0v) is 14.5. The molecule has 126 valence electrons. The second-order valence-electron chi connectivity index (χ2n) is 4.40.